The van der Waals surface area contributed by atoms with Gasteiger partial charge in [0.1, 0.15) is 6.61 Å². The molecule has 30 heavy (non-hydrogen) atoms. The van der Waals surface area contributed by atoms with E-state index in [4.69, 9.17) is 5.11 Å². The van der Waals surface area contributed by atoms with E-state index >= 15 is 0 Å². The van der Waals surface area contributed by atoms with E-state index in [-0.39, 0.29) is 0 Å². The third-order valence-electron chi connectivity index (χ3n) is 3.58. The molecular formula is C11H6F18O. The molecule has 0 rings (SSSR count). The highest BCUT2D eigenvalue weighted by atomic mass is 19.4. The lowest BCUT2D eigenvalue weighted by Crippen LogP contribution is -2.76. The van der Waals surface area contributed by atoms with Crippen LogP contribution >= 0.6 is 0 Å². The van der Waals surface area contributed by atoms with Gasteiger partial charge in [-0.05, 0) is 0 Å². The topological polar surface area (TPSA) is 20.2 Å². The van der Waals surface area contributed by atoms with Gasteiger partial charge in [0, 0.05) is 6.92 Å². The van der Waals surface area contributed by atoms with E-state index in [0.717, 1.165) is 0 Å². The summed E-state index contributed by atoms with van der Waals surface area (Å²) in [6.07, 6.45) is 0. The summed E-state index contributed by atoms with van der Waals surface area (Å²) >= 11 is 0. The second-order valence-electron chi connectivity index (χ2n) is 5.77. The molecule has 19 heteroatoms. The molecule has 0 saturated heterocycles. The van der Waals surface area contributed by atoms with Gasteiger partial charge in [-0.2, -0.15) is 79.0 Å². The predicted octanol–water partition coefficient (Wildman–Crippen LogP) is 5.72. The molecule has 0 aliphatic carbocycles. The Hall–Kier alpha value is -1.30. The second-order valence-corrected chi connectivity index (χ2v) is 5.77. The number of hydrogen-bond acceptors (Lipinski definition) is 1. The third kappa shape index (κ3) is 3.25. The van der Waals surface area contributed by atoms with Gasteiger partial charge in [0.05, 0.1) is 0 Å². The lowest BCUT2D eigenvalue weighted by atomic mass is 9.86. The first-order valence-corrected chi connectivity index (χ1v) is 6.57. The van der Waals surface area contributed by atoms with E-state index in [1.54, 1.807) is 0 Å². The molecule has 0 aromatic carbocycles. The molecule has 0 unspecified atom stereocenters. The first-order valence-electron chi connectivity index (χ1n) is 6.57. The van der Waals surface area contributed by atoms with Gasteiger partial charge in [-0.15, -0.1) is 0 Å². The fourth-order valence-corrected chi connectivity index (χ4v) is 1.59. The SMILES string of the molecule is CC(F)(F)C(F)(F)C(F)(F)C(F)(F)C(F)(F)C(F)(F)C(F)(F)C(F)(F)C(F)(F)CO. The summed E-state index contributed by atoms with van der Waals surface area (Å²) in [5.41, 5.74) is 0. The monoisotopic (exact) mass is 496 g/mol. The zero-order chi connectivity index (χ0) is 25.2. The summed E-state index contributed by atoms with van der Waals surface area (Å²) in [6.45, 7) is -4.80. The van der Waals surface area contributed by atoms with Gasteiger partial charge in [0.2, 0.25) is 0 Å². The number of rotatable bonds is 9. The molecule has 0 aromatic heterocycles. The highest BCUT2D eigenvalue weighted by Crippen LogP contribution is 2.64. The second kappa shape index (κ2) is 6.85. The smallest absolute Gasteiger partial charge is 0.385 e. The standard InChI is InChI=1S/C11H6F18O/c1-3(12,13)5(16,17)7(20,21)9(24,25)11(28,29)10(26,27)8(22,23)6(18,19)4(14,15)2-30/h30H,2H2,1H3. The van der Waals surface area contributed by atoms with E-state index < -0.39 is 66.8 Å². The Morgan fingerprint density at radius 3 is 0.800 bits per heavy atom. The van der Waals surface area contributed by atoms with Crippen molar-refractivity contribution < 1.29 is 84.1 Å². The van der Waals surface area contributed by atoms with Crippen molar-refractivity contribution in [2.45, 2.75) is 60.2 Å². The summed E-state index contributed by atoms with van der Waals surface area (Å²) in [5.74, 6) is -71.6. The average molecular weight is 496 g/mol. The van der Waals surface area contributed by atoms with Crippen molar-refractivity contribution >= 4 is 0 Å². The average Bonchev–Trinajstić information content (AvgIpc) is 2.52. The molecule has 0 aliphatic heterocycles. The van der Waals surface area contributed by atoms with Gasteiger partial charge in [-0.3, -0.25) is 0 Å². The molecule has 1 nitrogen and oxygen atoms in total. The van der Waals surface area contributed by atoms with Crippen LogP contribution in [0.4, 0.5) is 79.0 Å². The number of aliphatic hydroxyl groups is 1. The molecule has 0 saturated carbocycles. The van der Waals surface area contributed by atoms with Crippen LogP contribution < -0.4 is 0 Å². The third-order valence-corrected chi connectivity index (χ3v) is 3.58. The Morgan fingerprint density at radius 1 is 0.400 bits per heavy atom. The first kappa shape index (κ1) is 28.7. The quantitative estimate of drug-likeness (QED) is 0.406. The number of alkyl halides is 18. The highest BCUT2D eigenvalue weighted by Gasteiger charge is 2.96. The van der Waals surface area contributed by atoms with Crippen molar-refractivity contribution in [1.82, 2.24) is 0 Å². The van der Waals surface area contributed by atoms with Crippen LogP contribution in [0, 0.1) is 0 Å². The number of halogens is 18. The van der Waals surface area contributed by atoms with Crippen molar-refractivity contribution in [3.8, 4) is 0 Å². The summed E-state index contributed by atoms with van der Waals surface area (Å²) in [4.78, 5) is 0. The van der Waals surface area contributed by atoms with Crippen molar-refractivity contribution in [2.24, 2.45) is 0 Å². The van der Waals surface area contributed by atoms with Crippen molar-refractivity contribution in [1.29, 1.82) is 0 Å². The minimum atomic E-state index is -8.77. The van der Waals surface area contributed by atoms with Crippen molar-refractivity contribution in [2.75, 3.05) is 6.61 Å². The minimum absolute atomic E-state index is 1.31. The van der Waals surface area contributed by atoms with Crippen LogP contribution in [0.2, 0.25) is 0 Å². The molecule has 0 spiro atoms. The van der Waals surface area contributed by atoms with Gasteiger partial charge in [-0.1, -0.05) is 0 Å². The van der Waals surface area contributed by atoms with E-state index in [0.29, 0.717) is 0 Å². The molecule has 0 atom stereocenters. The predicted molar refractivity (Wildman–Crippen MR) is 57.3 cm³/mol. The highest BCUT2D eigenvalue weighted by molar-refractivity contribution is 5.16. The molecule has 0 bridgehead atoms. The summed E-state index contributed by atoms with van der Waals surface area (Å²) < 4.78 is 233. The van der Waals surface area contributed by atoms with Crippen LogP contribution in [0.15, 0.2) is 0 Å². The molecule has 0 aliphatic rings. The maximum Gasteiger partial charge on any atom is 0.385 e. The normalized spacial score (nSPS) is 16.8. The lowest BCUT2D eigenvalue weighted by molar-refractivity contribution is -0.462. The van der Waals surface area contributed by atoms with Gasteiger partial charge in [0.25, 0.3) is 0 Å². The zero-order valence-electron chi connectivity index (χ0n) is 13.5. The largest absolute Gasteiger partial charge is 0.390 e. The zero-order valence-corrected chi connectivity index (χ0v) is 13.5. The van der Waals surface area contributed by atoms with E-state index in [1.807, 2.05) is 0 Å². The van der Waals surface area contributed by atoms with Crippen LogP contribution in [0.5, 0.6) is 0 Å². The molecule has 0 radical (unpaired) electrons. The first-order chi connectivity index (χ1) is 12.6. The Labute approximate surface area is 152 Å². The fraction of sp³-hybridized carbons (Fsp3) is 1.00. The summed E-state index contributed by atoms with van der Waals surface area (Å²) in [6, 6.07) is 0. The Balaban J connectivity index is 6.85. The molecule has 182 valence electrons. The molecule has 0 heterocycles. The van der Waals surface area contributed by atoms with Crippen LogP contribution in [0.25, 0.3) is 0 Å². The van der Waals surface area contributed by atoms with E-state index in [1.165, 1.54) is 0 Å². The Kier molecular flexibility index (Phi) is 6.55. The minimum Gasteiger partial charge on any atom is -0.390 e. The number of aliphatic hydroxyl groups excluding tert-OH is 1. The van der Waals surface area contributed by atoms with Gasteiger partial charge < -0.3 is 5.11 Å². The van der Waals surface area contributed by atoms with Crippen LogP contribution in [0.1, 0.15) is 6.92 Å². The molecule has 0 aromatic rings. The Bertz CT molecular complexity index is 629. The number of hydrogen-bond donors (Lipinski definition) is 1. The van der Waals surface area contributed by atoms with Crippen LogP contribution in [0.3, 0.4) is 0 Å². The van der Waals surface area contributed by atoms with Gasteiger partial charge >= 0.3 is 53.3 Å². The van der Waals surface area contributed by atoms with Gasteiger partial charge in [0.15, 0.2) is 0 Å². The Morgan fingerprint density at radius 2 is 0.600 bits per heavy atom. The fourth-order valence-electron chi connectivity index (χ4n) is 1.59. The molecule has 0 amide bonds. The van der Waals surface area contributed by atoms with E-state index in [2.05, 4.69) is 0 Å². The summed E-state index contributed by atoms with van der Waals surface area (Å²) in [5, 5.41) is 7.80. The maximum absolute atomic E-state index is 13.2. The lowest BCUT2D eigenvalue weighted by Gasteiger charge is -2.44. The maximum atomic E-state index is 13.2. The van der Waals surface area contributed by atoms with Crippen molar-refractivity contribution in [3.63, 3.8) is 0 Å². The van der Waals surface area contributed by atoms with Crippen LogP contribution in [-0.4, -0.2) is 65.0 Å². The summed E-state index contributed by atoms with van der Waals surface area (Å²) in [7, 11) is 0. The molecular weight excluding hydrogens is 490 g/mol. The molecule has 1 N–H and O–H groups in total. The molecule has 0 fully saturated rings. The van der Waals surface area contributed by atoms with Gasteiger partial charge in [-0.25, -0.2) is 0 Å². The van der Waals surface area contributed by atoms with Crippen LogP contribution in [-0.2, 0) is 0 Å². The van der Waals surface area contributed by atoms with E-state index in [9.17, 15) is 79.0 Å². The van der Waals surface area contributed by atoms with Crippen molar-refractivity contribution in [3.05, 3.63) is 0 Å².